The van der Waals surface area contributed by atoms with Crippen molar-refractivity contribution in [2.45, 2.75) is 98.8 Å². The molecule has 0 aromatic heterocycles. The number of nitrogens with two attached hydrogens (primary N) is 1. The van der Waals surface area contributed by atoms with Crippen molar-refractivity contribution < 1.29 is 24.3 Å². The topological polar surface area (TPSA) is 151 Å². The van der Waals surface area contributed by atoms with E-state index >= 15 is 0 Å². The second-order valence-corrected chi connectivity index (χ2v) is 9.86. The van der Waals surface area contributed by atoms with Crippen LogP contribution in [0.15, 0.2) is 0 Å². The van der Waals surface area contributed by atoms with Crippen LogP contribution in [-0.2, 0) is 19.2 Å². The van der Waals surface area contributed by atoms with Crippen molar-refractivity contribution in [1.29, 1.82) is 0 Å². The molecule has 0 aliphatic carbocycles. The quantitative estimate of drug-likeness (QED) is 0.268. The van der Waals surface area contributed by atoms with Gasteiger partial charge in [0.05, 0.1) is 6.04 Å². The molecule has 0 aromatic rings. The molecule has 6 N–H and O–H groups in total. The number of carboxylic acid groups (broad SMARTS) is 1. The molecule has 0 saturated carbocycles. The number of rotatable bonds is 14. The Kier molecular flexibility index (Phi) is 13.1. The normalized spacial score (nSPS) is 16.2. The van der Waals surface area contributed by atoms with E-state index in [1.807, 2.05) is 48.5 Å². The van der Waals surface area contributed by atoms with E-state index in [2.05, 4.69) is 16.0 Å². The number of carboxylic acids is 1. The van der Waals surface area contributed by atoms with Gasteiger partial charge in [0.25, 0.3) is 0 Å². The number of hydrogen-bond donors (Lipinski definition) is 5. The molecule has 9 nitrogen and oxygen atoms in total. The van der Waals surface area contributed by atoms with E-state index in [1.54, 1.807) is 6.92 Å². The van der Waals surface area contributed by atoms with Crippen molar-refractivity contribution in [3.05, 3.63) is 0 Å². The Morgan fingerprint density at radius 1 is 0.750 bits per heavy atom. The summed E-state index contributed by atoms with van der Waals surface area (Å²) >= 11 is 0. The third-order valence-corrected chi connectivity index (χ3v) is 5.48. The van der Waals surface area contributed by atoms with Gasteiger partial charge < -0.3 is 26.8 Å². The van der Waals surface area contributed by atoms with Crippen LogP contribution >= 0.6 is 0 Å². The Hall–Kier alpha value is -2.16. The zero-order valence-electron chi connectivity index (χ0n) is 20.9. The first kappa shape index (κ1) is 29.8. The summed E-state index contributed by atoms with van der Waals surface area (Å²) in [7, 11) is 0. The van der Waals surface area contributed by atoms with Gasteiger partial charge in [0.15, 0.2) is 0 Å². The lowest BCUT2D eigenvalue weighted by Gasteiger charge is -2.28. The number of nitrogens with one attached hydrogen (secondary N) is 3. The molecular formula is C23H44N4O5. The lowest BCUT2D eigenvalue weighted by Crippen LogP contribution is -2.58. The highest BCUT2D eigenvalue weighted by atomic mass is 16.4. The van der Waals surface area contributed by atoms with Gasteiger partial charge in [-0.1, -0.05) is 61.8 Å². The fourth-order valence-corrected chi connectivity index (χ4v) is 3.19. The van der Waals surface area contributed by atoms with Gasteiger partial charge in [-0.2, -0.15) is 0 Å². The van der Waals surface area contributed by atoms with Crippen LogP contribution in [0.2, 0.25) is 0 Å². The van der Waals surface area contributed by atoms with E-state index in [1.165, 1.54) is 0 Å². The van der Waals surface area contributed by atoms with Crippen molar-refractivity contribution in [1.82, 2.24) is 16.0 Å². The van der Waals surface area contributed by atoms with Gasteiger partial charge in [0.1, 0.15) is 18.1 Å². The summed E-state index contributed by atoms with van der Waals surface area (Å²) in [6.45, 7) is 14.9. The zero-order valence-corrected chi connectivity index (χ0v) is 20.9. The third-order valence-electron chi connectivity index (χ3n) is 5.48. The van der Waals surface area contributed by atoms with E-state index in [0.717, 1.165) is 0 Å². The SMILES string of the molecule is CCC(C)C(NC(=O)C(CC(C)C)NC(=O)C(CC(C)C)NC(=O)C(N)C(C)C)C(=O)O. The van der Waals surface area contributed by atoms with Crippen LogP contribution in [0.4, 0.5) is 0 Å². The largest absolute Gasteiger partial charge is 0.480 e. The molecule has 186 valence electrons. The van der Waals surface area contributed by atoms with Gasteiger partial charge in [-0.05, 0) is 36.5 Å². The molecule has 9 heteroatoms. The summed E-state index contributed by atoms with van der Waals surface area (Å²) in [6, 6.07) is -3.56. The fraction of sp³-hybridized carbons (Fsp3) is 0.826. The Labute approximate surface area is 192 Å². The van der Waals surface area contributed by atoms with E-state index in [-0.39, 0.29) is 23.7 Å². The van der Waals surface area contributed by atoms with Crippen LogP contribution in [0.5, 0.6) is 0 Å². The van der Waals surface area contributed by atoms with Crippen LogP contribution < -0.4 is 21.7 Å². The van der Waals surface area contributed by atoms with Crippen LogP contribution in [-0.4, -0.2) is 53.0 Å². The predicted octanol–water partition coefficient (Wildman–Crippen LogP) is 1.65. The molecular weight excluding hydrogens is 412 g/mol. The fourth-order valence-electron chi connectivity index (χ4n) is 3.19. The molecule has 0 aliphatic heterocycles. The number of carbonyl (C=O) groups excluding carboxylic acids is 3. The minimum absolute atomic E-state index is 0.0745. The van der Waals surface area contributed by atoms with Gasteiger partial charge in [0, 0.05) is 0 Å². The Morgan fingerprint density at radius 2 is 1.16 bits per heavy atom. The summed E-state index contributed by atoms with van der Waals surface area (Å²) in [5, 5.41) is 17.5. The Bertz CT molecular complexity index is 636. The second-order valence-electron chi connectivity index (χ2n) is 9.86. The molecule has 5 atom stereocenters. The number of aliphatic carboxylic acids is 1. The van der Waals surface area contributed by atoms with Crippen LogP contribution in [0, 0.1) is 23.7 Å². The van der Waals surface area contributed by atoms with E-state index in [0.29, 0.717) is 19.3 Å². The standard InChI is InChI=1S/C23H44N4O5/c1-9-15(8)19(23(31)32)27-21(29)17(11-13(4)5)25-20(28)16(10-12(2)3)26-22(30)18(24)14(6)7/h12-19H,9-11,24H2,1-8H3,(H,25,28)(H,26,30)(H,27,29)(H,31,32). The third kappa shape index (κ3) is 10.4. The second kappa shape index (κ2) is 14.1. The molecule has 0 radical (unpaired) electrons. The average molecular weight is 457 g/mol. The van der Waals surface area contributed by atoms with Gasteiger partial charge >= 0.3 is 5.97 Å². The summed E-state index contributed by atoms with van der Waals surface area (Å²) in [6.07, 6.45) is 1.29. The maximum absolute atomic E-state index is 13.0. The van der Waals surface area contributed by atoms with Crippen molar-refractivity contribution in [3.63, 3.8) is 0 Å². The van der Waals surface area contributed by atoms with E-state index in [4.69, 9.17) is 5.73 Å². The lowest BCUT2D eigenvalue weighted by atomic mass is 9.97. The molecule has 5 unspecified atom stereocenters. The highest BCUT2D eigenvalue weighted by Gasteiger charge is 2.32. The number of hydrogen-bond acceptors (Lipinski definition) is 5. The lowest BCUT2D eigenvalue weighted by molar-refractivity contribution is -0.144. The zero-order chi connectivity index (χ0) is 25.2. The molecule has 0 spiro atoms. The molecule has 32 heavy (non-hydrogen) atoms. The van der Waals surface area contributed by atoms with Gasteiger partial charge in [-0.25, -0.2) is 4.79 Å². The van der Waals surface area contributed by atoms with Crippen molar-refractivity contribution in [3.8, 4) is 0 Å². The summed E-state index contributed by atoms with van der Waals surface area (Å²) < 4.78 is 0. The molecule has 0 heterocycles. The first-order chi connectivity index (χ1) is 14.7. The van der Waals surface area contributed by atoms with Crippen LogP contribution in [0.3, 0.4) is 0 Å². The molecule has 3 amide bonds. The smallest absolute Gasteiger partial charge is 0.326 e. The number of amides is 3. The van der Waals surface area contributed by atoms with Gasteiger partial charge in [-0.15, -0.1) is 0 Å². The highest BCUT2D eigenvalue weighted by Crippen LogP contribution is 2.12. The van der Waals surface area contributed by atoms with Crippen LogP contribution in [0.25, 0.3) is 0 Å². The first-order valence-electron chi connectivity index (χ1n) is 11.6. The van der Waals surface area contributed by atoms with Gasteiger partial charge in [-0.3, -0.25) is 14.4 Å². The summed E-state index contributed by atoms with van der Waals surface area (Å²) in [5.41, 5.74) is 5.92. The molecule has 0 aromatic carbocycles. The van der Waals surface area contributed by atoms with Crippen molar-refractivity contribution >= 4 is 23.7 Å². The van der Waals surface area contributed by atoms with E-state index < -0.39 is 47.9 Å². The molecule has 0 aliphatic rings. The minimum Gasteiger partial charge on any atom is -0.480 e. The summed E-state index contributed by atoms with van der Waals surface area (Å²) in [4.78, 5) is 50.0. The van der Waals surface area contributed by atoms with E-state index in [9.17, 15) is 24.3 Å². The van der Waals surface area contributed by atoms with Crippen LogP contribution in [0.1, 0.15) is 74.7 Å². The van der Waals surface area contributed by atoms with Crippen molar-refractivity contribution in [2.75, 3.05) is 0 Å². The molecule has 0 rings (SSSR count). The average Bonchev–Trinajstić information content (AvgIpc) is 2.68. The molecule has 0 saturated heterocycles. The Morgan fingerprint density at radius 3 is 1.50 bits per heavy atom. The monoisotopic (exact) mass is 456 g/mol. The molecule has 0 fully saturated rings. The summed E-state index contributed by atoms with van der Waals surface area (Å²) in [5.74, 6) is -2.75. The maximum atomic E-state index is 13.0. The molecule has 0 bridgehead atoms. The minimum atomic E-state index is -1.12. The predicted molar refractivity (Wildman–Crippen MR) is 125 cm³/mol. The van der Waals surface area contributed by atoms with Gasteiger partial charge in [0.2, 0.25) is 17.7 Å². The Balaban J connectivity index is 5.56. The maximum Gasteiger partial charge on any atom is 0.326 e. The van der Waals surface area contributed by atoms with Crippen molar-refractivity contribution in [2.24, 2.45) is 29.4 Å². The number of carbonyl (C=O) groups is 4. The first-order valence-corrected chi connectivity index (χ1v) is 11.6. The highest BCUT2D eigenvalue weighted by molar-refractivity contribution is 5.94.